The number of carbonyl (C=O) groups is 6. The Kier molecular flexibility index (Phi) is 34.4. The van der Waals surface area contributed by atoms with Crippen molar-refractivity contribution in [2.24, 2.45) is 0 Å². The average molecular weight is 1820 g/mol. The van der Waals surface area contributed by atoms with Gasteiger partial charge < -0.3 is 45.9 Å². The van der Waals surface area contributed by atoms with Gasteiger partial charge in [0.15, 0.2) is 11.5 Å². The minimum atomic E-state index is -4.83. The number of benzene rings is 10. The van der Waals surface area contributed by atoms with E-state index in [9.17, 15) is 52.3 Å². The molecule has 708 valence electrons. The highest BCUT2D eigenvalue weighted by molar-refractivity contribution is 6.08. The van der Waals surface area contributed by atoms with Crippen LogP contribution in [0, 0.1) is 11.3 Å². The molecule has 0 aromatic heterocycles. The first-order valence-electron chi connectivity index (χ1n) is 47.8. The number of alkyl halides is 3. The molecule has 0 saturated heterocycles. The minimum Gasteiger partial charge on any atom is -0.506 e. The highest BCUT2D eigenvalue weighted by Gasteiger charge is 2.34. The number of amides is 5. The van der Waals surface area contributed by atoms with Gasteiger partial charge in [0.1, 0.15) is 17.6 Å². The zero-order valence-electron chi connectivity index (χ0n) is 81.7. The van der Waals surface area contributed by atoms with Crippen molar-refractivity contribution in [3.05, 3.63) is 299 Å². The third kappa shape index (κ3) is 29.1. The molecular weight excluding hydrogens is 1680 g/mol. The van der Waals surface area contributed by atoms with Crippen LogP contribution < -0.4 is 40.8 Å². The number of rotatable bonds is 13. The van der Waals surface area contributed by atoms with Gasteiger partial charge in [-0.05, 0) is 360 Å². The maximum atomic E-state index is 12.9. The molecule has 0 spiro atoms. The van der Waals surface area contributed by atoms with Crippen molar-refractivity contribution in [3.63, 3.8) is 0 Å². The number of ether oxygens (including phenoxy) is 3. The number of phenols is 1. The van der Waals surface area contributed by atoms with Gasteiger partial charge in [0.2, 0.25) is 0 Å². The predicted molar refractivity (Wildman–Crippen MR) is 535 cm³/mol. The molecule has 15 rings (SSSR count). The molecule has 134 heavy (non-hydrogen) atoms. The van der Waals surface area contributed by atoms with Crippen LogP contribution in [0.4, 0.5) is 41.6 Å². The fraction of sp³-hybridized carbons (Fsp3) is 0.417. The fourth-order valence-corrected chi connectivity index (χ4v) is 17.5. The molecule has 0 heterocycles. The summed E-state index contributed by atoms with van der Waals surface area (Å²) >= 11 is 0. The highest BCUT2D eigenvalue weighted by Crippen LogP contribution is 2.41. The molecule has 10 aromatic carbocycles. The third-order valence-electron chi connectivity index (χ3n) is 25.7. The van der Waals surface area contributed by atoms with Crippen LogP contribution in [-0.2, 0) is 96.1 Å². The molecule has 0 radical (unpaired) electrons. The van der Waals surface area contributed by atoms with Crippen LogP contribution >= 0.6 is 0 Å². The number of nitrogens with one attached hydrogen (secondary N) is 5. The number of fused-ring (bicyclic) bond motifs is 5. The number of hydrogen-bond acceptors (Lipinski definition) is 11. The lowest BCUT2D eigenvalue weighted by Gasteiger charge is -2.19. The van der Waals surface area contributed by atoms with Crippen LogP contribution in [0.15, 0.2) is 182 Å². The number of esters is 1. The van der Waals surface area contributed by atoms with E-state index in [0.29, 0.717) is 62.6 Å². The van der Waals surface area contributed by atoms with E-state index in [4.69, 9.17) is 9.47 Å². The number of phenolic OH excluding ortho intramolecular Hbond substituents is 1. The Balaban J connectivity index is 0.000000161. The van der Waals surface area contributed by atoms with Crippen molar-refractivity contribution >= 4 is 63.9 Å². The number of nitrogens with zero attached hydrogens (tertiary/aromatic N) is 1. The van der Waals surface area contributed by atoms with Crippen LogP contribution in [-0.4, -0.2) is 54.1 Å². The van der Waals surface area contributed by atoms with E-state index >= 15 is 0 Å². The molecular formula is C115H137F3N6O10. The number of carbonyl (C=O) groups excluding carboxylic acids is 6. The number of hydrogen-bond donors (Lipinski definition) is 6. The number of anilines is 5. The van der Waals surface area contributed by atoms with Gasteiger partial charge >= 0.3 is 12.3 Å². The van der Waals surface area contributed by atoms with E-state index in [0.717, 1.165) is 124 Å². The number of nitriles is 1. The van der Waals surface area contributed by atoms with Crippen molar-refractivity contribution in [2.75, 3.05) is 33.7 Å². The van der Waals surface area contributed by atoms with E-state index in [2.05, 4.69) is 153 Å². The van der Waals surface area contributed by atoms with Crippen LogP contribution in [0.5, 0.6) is 23.0 Å². The maximum Gasteiger partial charge on any atom is 0.573 e. The van der Waals surface area contributed by atoms with Gasteiger partial charge in [0, 0.05) is 34.7 Å². The lowest BCUT2D eigenvalue weighted by molar-refractivity contribution is -0.274. The molecule has 16 nitrogen and oxygen atoms in total. The first-order valence-corrected chi connectivity index (χ1v) is 47.8. The monoisotopic (exact) mass is 1820 g/mol. The van der Waals surface area contributed by atoms with Gasteiger partial charge in [-0.15, -0.1) is 13.2 Å². The summed E-state index contributed by atoms with van der Waals surface area (Å²) in [7, 11) is 1.66. The Morgan fingerprint density at radius 3 is 0.776 bits per heavy atom. The molecule has 0 saturated carbocycles. The predicted octanol–water partition coefficient (Wildman–Crippen LogP) is 27.9. The Hall–Kier alpha value is -12.3. The fourth-order valence-electron chi connectivity index (χ4n) is 17.5. The quantitative estimate of drug-likeness (QED) is 0.0275. The second-order valence-electron chi connectivity index (χ2n) is 41.3. The number of methoxy groups -OCH3 is 1. The minimum absolute atomic E-state index is 0.0362. The van der Waals surface area contributed by atoms with Gasteiger partial charge in [-0.1, -0.05) is 197 Å². The first-order chi connectivity index (χ1) is 63.4. The van der Waals surface area contributed by atoms with E-state index in [1.807, 2.05) is 146 Å². The first kappa shape index (κ1) is 102. The lowest BCUT2D eigenvalue weighted by Crippen LogP contribution is -2.20. The molecule has 0 fully saturated rings. The summed E-state index contributed by atoms with van der Waals surface area (Å²) in [6, 6.07) is 59.0. The Bertz CT molecular complexity index is 5830. The van der Waals surface area contributed by atoms with Crippen molar-refractivity contribution in [1.82, 2.24) is 0 Å². The van der Waals surface area contributed by atoms with Gasteiger partial charge in [-0.3, -0.25) is 28.8 Å². The molecule has 0 unspecified atom stereocenters. The third-order valence-corrected chi connectivity index (χ3v) is 25.7. The van der Waals surface area contributed by atoms with Crippen LogP contribution in [0.2, 0.25) is 0 Å². The van der Waals surface area contributed by atoms with Crippen LogP contribution in [0.1, 0.15) is 348 Å². The summed E-state index contributed by atoms with van der Waals surface area (Å²) in [5, 5.41) is 34.2. The molecule has 5 aliphatic carbocycles. The standard InChI is InChI=1S/C24H29NO3.C23H26F3NO2.C23H26N2O.C23H29NO2.C22H27NO2/c1-16(26)28-22-15-19-9-7-5-6-8-18(19)14-21(22)25-23(27)17-10-12-20(13-11-17)24(2,3)4;1-22(2,3)18-11-9-15(10-12-18)21(28)27-19-13-16-7-5-4-6-8-17(16)14-20(19)29-23(24,25)26;1-23(2,3)20-11-9-16(10-12-20)22(26)25-21-14-18-8-6-4-5-7-17(18)13-19(21)15-24;1-23(2,3)19-12-10-16(11-13-19)22(25)24-20-14-17-8-6-5-7-9-18(17)15-21(20)26-4;1-22(2,3)18-11-9-15(10-12-18)21(25)23-19-13-16-7-5-4-6-8-17(16)14-20(19)24/h10-15H,5-9H2,1-4H3,(H,25,27);9-14H,4-8H2,1-3H3,(H,27,28);9-14H,4-8H2,1-3H3,(H,25,26);10-15H,5-9H2,1-4H3,(H,24,25);9-14,24H,4-8H2,1-3H3,(H,23,25). The SMILES string of the molecule is CC(=O)Oc1cc2c(cc1NC(=O)c1ccc(C(C)(C)C)cc1)CCCCC2.CC(C)(C)c1ccc(C(=O)Nc2cc3c(cc2C#N)CCCCC3)cc1.CC(C)(C)c1ccc(C(=O)Nc2cc3c(cc2O)CCCCC3)cc1.CC(C)(C)c1ccc(C(=O)Nc2cc3c(cc2OC(F)(F)F)CCCCC3)cc1.COc1cc2c(cc1NC(=O)c1ccc(C(C)(C)C)cc1)CCCCC2. The van der Waals surface area contributed by atoms with Crippen molar-refractivity contribution < 1.29 is 61.3 Å². The zero-order valence-corrected chi connectivity index (χ0v) is 81.7. The summed E-state index contributed by atoms with van der Waals surface area (Å²) in [5.74, 6) is -0.569. The van der Waals surface area contributed by atoms with Crippen LogP contribution in [0.25, 0.3) is 0 Å². The van der Waals surface area contributed by atoms with E-state index < -0.39 is 18.2 Å². The Morgan fingerprint density at radius 1 is 0.299 bits per heavy atom. The van der Waals surface area contributed by atoms with E-state index in [-0.39, 0.29) is 67.9 Å². The summed E-state index contributed by atoms with van der Waals surface area (Å²) in [6.45, 7) is 33.4. The van der Waals surface area contributed by atoms with Crippen molar-refractivity contribution in [3.8, 4) is 29.1 Å². The van der Waals surface area contributed by atoms with E-state index in [1.165, 1.54) is 138 Å². The summed E-state index contributed by atoms with van der Waals surface area (Å²) < 4.78 is 53.9. The zero-order chi connectivity index (χ0) is 97.0. The molecule has 19 heteroatoms. The second kappa shape index (κ2) is 45.2. The molecule has 6 N–H and O–H groups in total. The molecule has 0 bridgehead atoms. The molecule has 10 aromatic rings. The lowest BCUT2D eigenvalue weighted by atomic mass is 9.86. The number of halogens is 3. The smallest absolute Gasteiger partial charge is 0.506 e. The molecule has 0 atom stereocenters. The second-order valence-corrected chi connectivity index (χ2v) is 41.3. The molecule has 0 aliphatic heterocycles. The summed E-state index contributed by atoms with van der Waals surface area (Å²) in [6.07, 6.45) is 22.1. The topological polar surface area (TPSA) is 234 Å². The van der Waals surface area contributed by atoms with E-state index in [1.54, 1.807) is 25.3 Å². The van der Waals surface area contributed by atoms with Gasteiger partial charge in [-0.2, -0.15) is 5.26 Å². The van der Waals surface area contributed by atoms with Crippen LogP contribution in [0.3, 0.4) is 0 Å². The summed E-state index contributed by atoms with van der Waals surface area (Å²) in [5.41, 5.74) is 23.8. The van der Waals surface area contributed by atoms with Gasteiger partial charge in [0.25, 0.3) is 29.5 Å². The largest absolute Gasteiger partial charge is 0.573 e. The Labute approximate surface area is 792 Å². The highest BCUT2D eigenvalue weighted by atomic mass is 19.4. The number of aryl methyl sites for hydroxylation is 10. The number of aromatic hydroxyl groups is 1. The van der Waals surface area contributed by atoms with Gasteiger partial charge in [-0.25, -0.2) is 0 Å². The maximum absolute atomic E-state index is 12.9. The van der Waals surface area contributed by atoms with Crippen molar-refractivity contribution in [2.45, 2.75) is 305 Å². The van der Waals surface area contributed by atoms with Gasteiger partial charge in [0.05, 0.1) is 41.1 Å². The molecule has 5 amide bonds. The molecule has 5 aliphatic rings. The Morgan fingerprint density at radius 2 is 0.515 bits per heavy atom. The summed E-state index contributed by atoms with van der Waals surface area (Å²) in [4.78, 5) is 74.9. The average Bonchev–Trinajstić information content (AvgIpc) is 1.68. The normalized spacial score (nSPS) is 14.3. The van der Waals surface area contributed by atoms with Crippen molar-refractivity contribution in [1.29, 1.82) is 5.26 Å².